The Morgan fingerprint density at radius 1 is 1.24 bits per heavy atom. The lowest BCUT2D eigenvalue weighted by Gasteiger charge is -2.36. The summed E-state index contributed by atoms with van der Waals surface area (Å²) in [4.78, 5) is 20.1. The molecule has 1 heterocycles. The van der Waals surface area contributed by atoms with E-state index in [9.17, 15) is 9.18 Å². The number of guanidine groups is 1. The van der Waals surface area contributed by atoms with E-state index in [0.29, 0.717) is 25.4 Å². The molecular weight excluding hydrogens is 323 g/mol. The van der Waals surface area contributed by atoms with Gasteiger partial charge in [-0.2, -0.15) is 0 Å². The zero-order valence-electron chi connectivity index (χ0n) is 15.2. The lowest BCUT2D eigenvalue weighted by molar-refractivity contribution is -0.130. The number of piperazine rings is 1. The first-order valence-corrected chi connectivity index (χ1v) is 8.70. The summed E-state index contributed by atoms with van der Waals surface area (Å²) < 4.78 is 18.7. The smallest absolute Gasteiger partial charge is 0.219 e. The number of halogens is 1. The third-order valence-corrected chi connectivity index (χ3v) is 4.01. The predicted octanol–water partition coefficient (Wildman–Crippen LogP) is 1.72. The van der Waals surface area contributed by atoms with Gasteiger partial charge in [-0.1, -0.05) is 0 Å². The molecule has 0 saturated carbocycles. The summed E-state index contributed by atoms with van der Waals surface area (Å²) in [6.45, 7) is 9.78. The topological polar surface area (TPSA) is 57.2 Å². The maximum atomic E-state index is 12.9. The van der Waals surface area contributed by atoms with Crippen LogP contribution in [0.25, 0.3) is 0 Å². The van der Waals surface area contributed by atoms with Crippen LogP contribution in [0.15, 0.2) is 29.3 Å². The maximum Gasteiger partial charge on any atom is 0.219 e. The van der Waals surface area contributed by atoms with Crippen molar-refractivity contribution in [2.75, 3.05) is 39.3 Å². The van der Waals surface area contributed by atoms with Crippen LogP contribution < -0.4 is 10.1 Å². The second kappa shape index (κ2) is 9.25. The Hall–Kier alpha value is -2.31. The van der Waals surface area contributed by atoms with E-state index in [-0.39, 0.29) is 17.8 Å². The number of amides is 1. The van der Waals surface area contributed by atoms with Crippen molar-refractivity contribution in [2.45, 2.75) is 26.9 Å². The molecule has 0 radical (unpaired) electrons. The van der Waals surface area contributed by atoms with Crippen LogP contribution >= 0.6 is 0 Å². The van der Waals surface area contributed by atoms with E-state index < -0.39 is 0 Å². The Balaban J connectivity index is 1.90. The van der Waals surface area contributed by atoms with Crippen molar-refractivity contribution in [2.24, 2.45) is 4.99 Å². The fraction of sp³-hybridized carbons (Fsp3) is 0.556. The highest BCUT2D eigenvalue weighted by atomic mass is 19.1. The second-order valence-corrected chi connectivity index (χ2v) is 6.07. The first kappa shape index (κ1) is 19.0. The molecule has 138 valence electrons. The molecule has 1 N–H and O–H groups in total. The number of aliphatic imine (C=N–C) groups is 1. The summed E-state index contributed by atoms with van der Waals surface area (Å²) in [5.74, 6) is 1.30. The van der Waals surface area contributed by atoms with Gasteiger partial charge in [0, 0.05) is 39.6 Å². The van der Waals surface area contributed by atoms with Gasteiger partial charge in [0.15, 0.2) is 5.96 Å². The van der Waals surface area contributed by atoms with E-state index in [1.54, 1.807) is 19.1 Å². The van der Waals surface area contributed by atoms with Gasteiger partial charge in [-0.15, -0.1) is 0 Å². The van der Waals surface area contributed by atoms with Crippen molar-refractivity contribution in [3.8, 4) is 5.75 Å². The van der Waals surface area contributed by atoms with Crippen LogP contribution in [0.3, 0.4) is 0 Å². The van der Waals surface area contributed by atoms with Gasteiger partial charge in [0.05, 0.1) is 6.54 Å². The van der Waals surface area contributed by atoms with Crippen LogP contribution in [0.4, 0.5) is 4.39 Å². The predicted molar refractivity (Wildman–Crippen MR) is 96.3 cm³/mol. The molecule has 1 amide bonds. The van der Waals surface area contributed by atoms with Gasteiger partial charge in [-0.3, -0.25) is 4.79 Å². The standard InChI is InChI=1S/C18H27FN4O2/c1-4-20-18(23-11-9-22(10-12-23)15(3)24)21-13-14(2)25-17-7-5-16(19)6-8-17/h5-8,14H,4,9-13H2,1-3H3,(H,20,21). The third kappa shape index (κ3) is 5.92. The summed E-state index contributed by atoms with van der Waals surface area (Å²) >= 11 is 0. The molecule has 0 aliphatic carbocycles. The Bertz CT molecular complexity index is 583. The van der Waals surface area contributed by atoms with Crippen molar-refractivity contribution < 1.29 is 13.9 Å². The fourth-order valence-corrected chi connectivity index (χ4v) is 2.66. The number of carbonyl (C=O) groups excluding carboxylic acids is 1. The minimum absolute atomic E-state index is 0.114. The van der Waals surface area contributed by atoms with Crippen LogP contribution in [0.2, 0.25) is 0 Å². The van der Waals surface area contributed by atoms with Crippen LogP contribution in [0.5, 0.6) is 5.75 Å². The molecule has 7 heteroatoms. The van der Waals surface area contributed by atoms with Gasteiger partial charge in [0.2, 0.25) is 5.91 Å². The van der Waals surface area contributed by atoms with E-state index in [1.165, 1.54) is 12.1 Å². The highest BCUT2D eigenvalue weighted by Gasteiger charge is 2.21. The summed E-state index contributed by atoms with van der Waals surface area (Å²) in [5, 5.41) is 3.29. The maximum absolute atomic E-state index is 12.9. The largest absolute Gasteiger partial charge is 0.489 e. The molecule has 25 heavy (non-hydrogen) atoms. The Morgan fingerprint density at radius 3 is 2.40 bits per heavy atom. The molecule has 1 atom stereocenters. The average Bonchev–Trinajstić information content (AvgIpc) is 2.60. The van der Waals surface area contributed by atoms with Crippen molar-refractivity contribution >= 4 is 11.9 Å². The monoisotopic (exact) mass is 350 g/mol. The molecule has 0 spiro atoms. The quantitative estimate of drug-likeness (QED) is 0.649. The number of rotatable bonds is 5. The fourth-order valence-electron chi connectivity index (χ4n) is 2.66. The highest BCUT2D eigenvalue weighted by molar-refractivity contribution is 5.80. The third-order valence-electron chi connectivity index (χ3n) is 4.01. The second-order valence-electron chi connectivity index (χ2n) is 6.07. The number of benzene rings is 1. The first-order chi connectivity index (χ1) is 12.0. The molecule has 2 rings (SSSR count). The zero-order chi connectivity index (χ0) is 18.2. The van der Waals surface area contributed by atoms with Gasteiger partial charge < -0.3 is 19.9 Å². The van der Waals surface area contributed by atoms with Crippen molar-refractivity contribution in [3.63, 3.8) is 0 Å². The molecule has 1 unspecified atom stereocenters. The minimum Gasteiger partial charge on any atom is -0.489 e. The highest BCUT2D eigenvalue weighted by Crippen LogP contribution is 2.13. The molecule has 1 fully saturated rings. The van der Waals surface area contributed by atoms with Gasteiger partial charge in [-0.25, -0.2) is 9.38 Å². The molecule has 1 aromatic carbocycles. The number of ether oxygens (including phenoxy) is 1. The normalized spacial score (nSPS) is 16.6. The van der Waals surface area contributed by atoms with E-state index >= 15 is 0 Å². The Labute approximate surface area is 148 Å². The number of carbonyl (C=O) groups is 1. The number of nitrogens with one attached hydrogen (secondary N) is 1. The summed E-state index contributed by atoms with van der Waals surface area (Å²) in [7, 11) is 0. The number of nitrogens with zero attached hydrogens (tertiary/aromatic N) is 3. The molecule has 6 nitrogen and oxygen atoms in total. The van der Waals surface area contributed by atoms with Crippen LogP contribution in [-0.4, -0.2) is 67.0 Å². The lowest BCUT2D eigenvalue weighted by atomic mass is 10.3. The van der Waals surface area contributed by atoms with E-state index in [4.69, 9.17) is 4.74 Å². The van der Waals surface area contributed by atoms with Crippen LogP contribution in [0.1, 0.15) is 20.8 Å². The average molecular weight is 350 g/mol. The Kier molecular flexibility index (Phi) is 7.03. The molecule has 0 aromatic heterocycles. The molecule has 1 saturated heterocycles. The van der Waals surface area contributed by atoms with Crippen molar-refractivity contribution in [1.82, 2.24) is 15.1 Å². The van der Waals surface area contributed by atoms with E-state index in [0.717, 1.165) is 25.6 Å². The van der Waals surface area contributed by atoms with Crippen molar-refractivity contribution in [1.29, 1.82) is 0 Å². The van der Waals surface area contributed by atoms with Crippen molar-refractivity contribution in [3.05, 3.63) is 30.1 Å². The van der Waals surface area contributed by atoms with E-state index in [2.05, 4.69) is 15.2 Å². The minimum atomic E-state index is -0.280. The Morgan fingerprint density at radius 2 is 1.84 bits per heavy atom. The zero-order valence-corrected chi connectivity index (χ0v) is 15.2. The molecular formula is C18H27FN4O2. The number of hydrogen-bond acceptors (Lipinski definition) is 3. The lowest BCUT2D eigenvalue weighted by Crippen LogP contribution is -2.53. The van der Waals surface area contributed by atoms with Crippen LogP contribution in [0, 0.1) is 5.82 Å². The summed E-state index contributed by atoms with van der Waals surface area (Å²) in [6, 6.07) is 5.98. The number of hydrogen-bond donors (Lipinski definition) is 1. The first-order valence-electron chi connectivity index (χ1n) is 8.70. The molecule has 0 bridgehead atoms. The van der Waals surface area contributed by atoms with Crippen LogP contribution in [-0.2, 0) is 4.79 Å². The van der Waals surface area contributed by atoms with Gasteiger partial charge >= 0.3 is 0 Å². The van der Waals surface area contributed by atoms with Gasteiger partial charge in [0.1, 0.15) is 17.7 Å². The SMILES string of the molecule is CCNC(=NCC(C)Oc1ccc(F)cc1)N1CCN(C(C)=O)CC1. The summed E-state index contributed by atoms with van der Waals surface area (Å²) in [5.41, 5.74) is 0. The van der Waals surface area contributed by atoms with Gasteiger partial charge in [-0.05, 0) is 38.1 Å². The van der Waals surface area contributed by atoms with Gasteiger partial charge in [0.25, 0.3) is 0 Å². The van der Waals surface area contributed by atoms with E-state index in [1.807, 2.05) is 18.7 Å². The molecule has 1 aliphatic heterocycles. The molecule has 1 aromatic rings. The summed E-state index contributed by atoms with van der Waals surface area (Å²) in [6.07, 6.45) is -0.127. The molecule has 1 aliphatic rings.